The van der Waals surface area contributed by atoms with E-state index in [-0.39, 0.29) is 23.3 Å². The van der Waals surface area contributed by atoms with Crippen molar-refractivity contribution in [3.63, 3.8) is 0 Å². The number of carbonyl (C=O) groups is 1. The Morgan fingerprint density at radius 1 is 1.33 bits per heavy atom. The molecule has 2 N–H and O–H groups in total. The van der Waals surface area contributed by atoms with Crippen LogP contribution in [0.2, 0.25) is 0 Å². The highest BCUT2D eigenvalue weighted by atomic mass is 16.3. The highest BCUT2D eigenvalue weighted by Crippen LogP contribution is 2.31. The molecule has 0 aliphatic carbocycles. The molecule has 0 spiro atoms. The first-order valence-electron chi connectivity index (χ1n) is 4.83. The van der Waals surface area contributed by atoms with Crippen LogP contribution in [0.15, 0.2) is 12.1 Å². The minimum atomic E-state index is -0.241. The number of benzene rings is 1. The lowest BCUT2D eigenvalue weighted by Crippen LogP contribution is -2.15. The Morgan fingerprint density at radius 2 is 1.93 bits per heavy atom. The second-order valence-electron chi connectivity index (χ2n) is 4.55. The second-order valence-corrected chi connectivity index (χ2v) is 4.55. The number of phenolic OH excluding ortho intramolecular Hbond substituents is 1. The van der Waals surface area contributed by atoms with E-state index in [2.05, 4.69) is 0 Å². The van der Waals surface area contributed by atoms with Gasteiger partial charge < -0.3 is 10.2 Å². The van der Waals surface area contributed by atoms with Crippen LogP contribution in [0.3, 0.4) is 0 Å². The van der Waals surface area contributed by atoms with Crippen molar-refractivity contribution in [3.8, 4) is 5.75 Å². The van der Waals surface area contributed by atoms with E-state index in [0.717, 1.165) is 5.56 Å². The number of aldehydes is 1. The fourth-order valence-corrected chi connectivity index (χ4v) is 1.66. The van der Waals surface area contributed by atoms with E-state index in [0.29, 0.717) is 11.8 Å². The van der Waals surface area contributed by atoms with E-state index in [1.165, 1.54) is 6.07 Å². The SMILES string of the molecule is CC(C)(C)c1ccc(O)c(C=O)c1CO. The van der Waals surface area contributed by atoms with Gasteiger partial charge in [0.15, 0.2) is 6.29 Å². The molecule has 15 heavy (non-hydrogen) atoms. The predicted molar refractivity (Wildman–Crippen MR) is 58.1 cm³/mol. The zero-order chi connectivity index (χ0) is 11.6. The third-order valence-corrected chi connectivity index (χ3v) is 2.42. The molecule has 1 rings (SSSR count). The lowest BCUT2D eigenvalue weighted by Gasteiger charge is -2.23. The third kappa shape index (κ3) is 2.18. The summed E-state index contributed by atoms with van der Waals surface area (Å²) >= 11 is 0. The average Bonchev–Trinajstić information content (AvgIpc) is 2.15. The maximum Gasteiger partial charge on any atom is 0.154 e. The normalized spacial score (nSPS) is 11.5. The Balaban J connectivity index is 3.49. The van der Waals surface area contributed by atoms with Gasteiger partial charge in [-0.2, -0.15) is 0 Å². The molecule has 0 bridgehead atoms. The molecular formula is C12H16O3. The summed E-state index contributed by atoms with van der Waals surface area (Å²) in [4.78, 5) is 10.8. The lowest BCUT2D eigenvalue weighted by molar-refractivity contribution is 0.111. The minimum absolute atomic E-state index is 0.0814. The zero-order valence-corrected chi connectivity index (χ0v) is 9.24. The average molecular weight is 208 g/mol. The number of carbonyl (C=O) groups excluding carboxylic acids is 1. The van der Waals surface area contributed by atoms with Crippen LogP contribution in [0.1, 0.15) is 42.3 Å². The first-order valence-corrected chi connectivity index (χ1v) is 4.83. The summed E-state index contributed by atoms with van der Waals surface area (Å²) < 4.78 is 0. The van der Waals surface area contributed by atoms with Crippen LogP contribution in [-0.4, -0.2) is 16.5 Å². The molecule has 0 radical (unpaired) electrons. The Hall–Kier alpha value is -1.35. The molecule has 1 aromatic carbocycles. The second kappa shape index (κ2) is 4.03. The maximum absolute atomic E-state index is 10.8. The summed E-state index contributed by atoms with van der Waals surface area (Å²) in [7, 11) is 0. The van der Waals surface area contributed by atoms with Crippen LogP contribution in [0, 0.1) is 0 Å². The van der Waals surface area contributed by atoms with Crippen LogP contribution in [-0.2, 0) is 12.0 Å². The zero-order valence-electron chi connectivity index (χ0n) is 9.24. The first kappa shape index (κ1) is 11.7. The van der Waals surface area contributed by atoms with Crippen LogP contribution in [0.25, 0.3) is 0 Å². The summed E-state index contributed by atoms with van der Waals surface area (Å²) in [6.07, 6.45) is 0.579. The standard InChI is InChI=1S/C12H16O3/c1-12(2,3)10-4-5-11(15)9(7-14)8(10)6-13/h4-5,7,13,15H,6H2,1-3H3. The van der Waals surface area contributed by atoms with Crippen molar-refractivity contribution in [2.24, 2.45) is 0 Å². The number of hydrogen-bond donors (Lipinski definition) is 2. The molecule has 0 amide bonds. The molecule has 0 saturated carbocycles. The Labute approximate surface area is 89.4 Å². The van der Waals surface area contributed by atoms with Gasteiger partial charge >= 0.3 is 0 Å². The van der Waals surface area contributed by atoms with E-state index in [1.807, 2.05) is 20.8 Å². The molecule has 0 aliphatic rings. The van der Waals surface area contributed by atoms with Gasteiger partial charge in [-0.15, -0.1) is 0 Å². The van der Waals surface area contributed by atoms with Crippen molar-refractivity contribution in [1.29, 1.82) is 0 Å². The Morgan fingerprint density at radius 3 is 2.33 bits per heavy atom. The summed E-state index contributed by atoms with van der Waals surface area (Å²) in [6.45, 7) is 5.74. The van der Waals surface area contributed by atoms with Crippen molar-refractivity contribution in [2.75, 3.05) is 0 Å². The maximum atomic E-state index is 10.8. The monoisotopic (exact) mass is 208 g/mol. The molecule has 3 nitrogen and oxygen atoms in total. The largest absolute Gasteiger partial charge is 0.507 e. The fraction of sp³-hybridized carbons (Fsp3) is 0.417. The number of aliphatic hydroxyl groups is 1. The van der Waals surface area contributed by atoms with Gasteiger partial charge in [-0.05, 0) is 22.6 Å². The van der Waals surface area contributed by atoms with E-state index >= 15 is 0 Å². The van der Waals surface area contributed by atoms with Crippen LogP contribution < -0.4 is 0 Å². The van der Waals surface area contributed by atoms with Gasteiger partial charge in [-0.25, -0.2) is 0 Å². The van der Waals surface area contributed by atoms with Crippen LogP contribution in [0.4, 0.5) is 0 Å². The molecule has 82 valence electrons. The van der Waals surface area contributed by atoms with E-state index in [1.54, 1.807) is 6.07 Å². The minimum Gasteiger partial charge on any atom is -0.507 e. The summed E-state index contributed by atoms with van der Waals surface area (Å²) in [5, 5.41) is 18.7. The molecule has 0 fully saturated rings. The van der Waals surface area contributed by atoms with Crippen molar-refractivity contribution in [2.45, 2.75) is 32.8 Å². The first-order chi connectivity index (χ1) is 6.91. The molecule has 1 aromatic rings. The van der Waals surface area contributed by atoms with Crippen LogP contribution >= 0.6 is 0 Å². The Bertz CT molecular complexity index is 375. The van der Waals surface area contributed by atoms with Crippen LogP contribution in [0.5, 0.6) is 5.75 Å². The molecular weight excluding hydrogens is 192 g/mol. The highest BCUT2D eigenvalue weighted by Gasteiger charge is 2.21. The van der Waals surface area contributed by atoms with Gasteiger partial charge in [0, 0.05) is 0 Å². The topological polar surface area (TPSA) is 57.5 Å². The molecule has 0 aromatic heterocycles. The third-order valence-electron chi connectivity index (χ3n) is 2.42. The van der Waals surface area contributed by atoms with E-state index in [4.69, 9.17) is 0 Å². The molecule has 0 aliphatic heterocycles. The van der Waals surface area contributed by atoms with Crippen molar-refractivity contribution in [1.82, 2.24) is 0 Å². The fourth-order valence-electron chi connectivity index (χ4n) is 1.66. The lowest BCUT2D eigenvalue weighted by atomic mass is 9.82. The van der Waals surface area contributed by atoms with Gasteiger partial charge in [0.25, 0.3) is 0 Å². The molecule has 0 heterocycles. The number of phenols is 1. The van der Waals surface area contributed by atoms with Gasteiger partial charge in [0.1, 0.15) is 5.75 Å². The molecule has 3 heteroatoms. The quantitative estimate of drug-likeness (QED) is 0.731. The number of rotatable bonds is 2. The van der Waals surface area contributed by atoms with E-state index < -0.39 is 0 Å². The van der Waals surface area contributed by atoms with Crippen molar-refractivity contribution < 1.29 is 15.0 Å². The molecule has 0 unspecified atom stereocenters. The Kier molecular flexibility index (Phi) is 3.15. The van der Waals surface area contributed by atoms with Crippen molar-refractivity contribution >= 4 is 6.29 Å². The van der Waals surface area contributed by atoms with Crippen molar-refractivity contribution in [3.05, 3.63) is 28.8 Å². The van der Waals surface area contributed by atoms with E-state index in [9.17, 15) is 15.0 Å². The van der Waals surface area contributed by atoms with Gasteiger partial charge in [-0.3, -0.25) is 4.79 Å². The number of hydrogen-bond acceptors (Lipinski definition) is 3. The summed E-state index contributed by atoms with van der Waals surface area (Å²) in [6, 6.07) is 3.23. The van der Waals surface area contributed by atoms with Gasteiger partial charge in [0.2, 0.25) is 0 Å². The number of aromatic hydroxyl groups is 1. The summed E-state index contributed by atoms with van der Waals surface area (Å²) in [5.74, 6) is -0.0814. The van der Waals surface area contributed by atoms with Gasteiger partial charge in [-0.1, -0.05) is 26.8 Å². The van der Waals surface area contributed by atoms with Gasteiger partial charge in [0.05, 0.1) is 12.2 Å². The highest BCUT2D eigenvalue weighted by molar-refractivity contribution is 5.82. The predicted octanol–water partition coefficient (Wildman–Crippen LogP) is 1.99. The number of aliphatic hydroxyl groups excluding tert-OH is 1. The molecule has 0 atom stereocenters. The summed E-state index contributed by atoms with van der Waals surface area (Å²) in [5.41, 5.74) is 1.41. The molecule has 0 saturated heterocycles. The smallest absolute Gasteiger partial charge is 0.154 e.